The van der Waals surface area contributed by atoms with Crippen LogP contribution in [-0.4, -0.2) is 51.5 Å². The van der Waals surface area contributed by atoms with Crippen molar-refractivity contribution in [2.75, 3.05) is 34.5 Å². The van der Waals surface area contributed by atoms with Crippen molar-refractivity contribution in [1.82, 2.24) is 4.90 Å². The molecule has 1 rings (SSSR count). The van der Waals surface area contributed by atoms with E-state index in [-0.39, 0.29) is 0 Å². The van der Waals surface area contributed by atoms with Gasteiger partial charge in [0.1, 0.15) is 0 Å². The first-order chi connectivity index (χ1) is 5.79. The minimum Gasteiger partial charge on any atom is -0.383 e. The fraction of sp³-hybridized carbons (Fsp3) is 1.00. The van der Waals surface area contributed by atoms with Crippen LogP contribution in [0.4, 0.5) is 0 Å². The highest BCUT2D eigenvalue weighted by Crippen LogP contribution is 2.22. The van der Waals surface area contributed by atoms with Crippen molar-refractivity contribution in [3.8, 4) is 0 Å². The van der Waals surface area contributed by atoms with Crippen LogP contribution in [0.25, 0.3) is 0 Å². The molecule has 1 saturated heterocycles. The van der Waals surface area contributed by atoms with Crippen LogP contribution in [-0.2, 0) is 9.47 Å². The van der Waals surface area contributed by atoms with Crippen LogP contribution in [0.3, 0.4) is 0 Å². The summed E-state index contributed by atoms with van der Waals surface area (Å²) in [6.45, 7) is 1.69. The Morgan fingerprint density at radius 1 is 1.08 bits per heavy atom. The monoisotopic (exact) mass is 173 g/mol. The van der Waals surface area contributed by atoms with E-state index in [0.29, 0.717) is 12.1 Å². The van der Waals surface area contributed by atoms with Crippen LogP contribution >= 0.6 is 0 Å². The summed E-state index contributed by atoms with van der Waals surface area (Å²) in [7, 11) is 5.68. The Morgan fingerprint density at radius 2 is 1.50 bits per heavy atom. The molecule has 0 N–H and O–H groups in total. The van der Waals surface area contributed by atoms with Crippen molar-refractivity contribution in [2.24, 2.45) is 0 Å². The van der Waals surface area contributed by atoms with Crippen LogP contribution in [0.1, 0.15) is 12.8 Å². The molecule has 2 atom stereocenters. The van der Waals surface area contributed by atoms with E-state index in [4.69, 9.17) is 9.47 Å². The van der Waals surface area contributed by atoms with Crippen LogP contribution < -0.4 is 0 Å². The lowest BCUT2D eigenvalue weighted by Gasteiger charge is -2.24. The molecule has 3 heteroatoms. The third-order valence-corrected chi connectivity index (χ3v) is 2.70. The number of likely N-dealkylation sites (N-methyl/N-ethyl adjacent to an activating group) is 1. The fourth-order valence-corrected chi connectivity index (χ4v) is 1.88. The third-order valence-electron chi connectivity index (χ3n) is 2.70. The maximum absolute atomic E-state index is 5.14. The average Bonchev–Trinajstić information content (AvgIpc) is 2.38. The summed E-state index contributed by atoms with van der Waals surface area (Å²) < 4.78 is 10.3. The first-order valence-corrected chi connectivity index (χ1v) is 4.49. The fourth-order valence-electron chi connectivity index (χ4n) is 1.88. The molecule has 72 valence electrons. The number of ether oxygens (including phenoxy) is 2. The second kappa shape index (κ2) is 4.80. The van der Waals surface area contributed by atoms with Gasteiger partial charge in [0.2, 0.25) is 0 Å². The third kappa shape index (κ3) is 2.19. The maximum Gasteiger partial charge on any atom is 0.0618 e. The molecule has 0 aromatic rings. The predicted octanol–water partition coefficient (Wildman–Crippen LogP) is 0.742. The maximum atomic E-state index is 5.14. The summed E-state index contributed by atoms with van der Waals surface area (Å²) in [6, 6.07) is 1.19. The van der Waals surface area contributed by atoms with Crippen LogP contribution in [0.15, 0.2) is 0 Å². The molecule has 0 bridgehead atoms. The summed E-state index contributed by atoms with van der Waals surface area (Å²) in [5.74, 6) is 0. The zero-order chi connectivity index (χ0) is 8.97. The number of likely N-dealkylation sites (tertiary alicyclic amines) is 1. The number of hydrogen-bond acceptors (Lipinski definition) is 3. The van der Waals surface area contributed by atoms with Crippen LogP contribution in [0, 0.1) is 0 Å². The number of methoxy groups -OCH3 is 2. The van der Waals surface area contributed by atoms with Gasteiger partial charge in [-0.3, -0.25) is 4.90 Å². The molecule has 1 aliphatic rings. The molecule has 0 amide bonds. The molecule has 0 aromatic heterocycles. The molecule has 1 heterocycles. The van der Waals surface area contributed by atoms with Crippen LogP contribution in [0.5, 0.6) is 0 Å². The van der Waals surface area contributed by atoms with Crippen molar-refractivity contribution in [1.29, 1.82) is 0 Å². The van der Waals surface area contributed by atoms with Gasteiger partial charge in [-0.25, -0.2) is 0 Å². The Balaban J connectivity index is 2.32. The largest absolute Gasteiger partial charge is 0.383 e. The van der Waals surface area contributed by atoms with Crippen molar-refractivity contribution in [2.45, 2.75) is 24.9 Å². The summed E-state index contributed by atoms with van der Waals surface area (Å²) in [5, 5.41) is 0. The van der Waals surface area contributed by atoms with Crippen molar-refractivity contribution < 1.29 is 9.47 Å². The lowest BCUT2D eigenvalue weighted by molar-refractivity contribution is 0.0801. The second-order valence-electron chi connectivity index (χ2n) is 3.46. The van der Waals surface area contributed by atoms with E-state index in [1.807, 2.05) is 0 Å². The Morgan fingerprint density at radius 3 is 1.83 bits per heavy atom. The van der Waals surface area contributed by atoms with Crippen LogP contribution in [0.2, 0.25) is 0 Å². The van der Waals surface area contributed by atoms with Gasteiger partial charge in [0.15, 0.2) is 0 Å². The van der Waals surface area contributed by atoms with Gasteiger partial charge in [-0.15, -0.1) is 0 Å². The number of nitrogens with zero attached hydrogens (tertiary/aromatic N) is 1. The van der Waals surface area contributed by atoms with Gasteiger partial charge in [0, 0.05) is 26.3 Å². The predicted molar refractivity (Wildman–Crippen MR) is 48.3 cm³/mol. The summed E-state index contributed by atoms with van der Waals surface area (Å²) in [4.78, 5) is 2.37. The average molecular weight is 173 g/mol. The smallest absolute Gasteiger partial charge is 0.0618 e. The minimum absolute atomic E-state index is 0.593. The van der Waals surface area contributed by atoms with Gasteiger partial charge in [-0.05, 0) is 19.9 Å². The van der Waals surface area contributed by atoms with Gasteiger partial charge in [-0.1, -0.05) is 0 Å². The first-order valence-electron chi connectivity index (χ1n) is 4.49. The van der Waals surface area contributed by atoms with E-state index in [9.17, 15) is 0 Å². The highest BCUT2D eigenvalue weighted by atomic mass is 16.5. The molecule has 0 saturated carbocycles. The van der Waals surface area contributed by atoms with E-state index in [0.717, 1.165) is 13.2 Å². The molecular weight excluding hydrogens is 154 g/mol. The molecule has 0 aliphatic carbocycles. The highest BCUT2D eigenvalue weighted by molar-refractivity contribution is 4.84. The van der Waals surface area contributed by atoms with Crippen molar-refractivity contribution in [3.05, 3.63) is 0 Å². The lowest BCUT2D eigenvalue weighted by Crippen LogP contribution is -2.37. The molecule has 1 aliphatic heterocycles. The van der Waals surface area contributed by atoms with Gasteiger partial charge >= 0.3 is 0 Å². The summed E-state index contributed by atoms with van der Waals surface area (Å²) in [5.41, 5.74) is 0. The Bertz CT molecular complexity index is 116. The molecular formula is C9H19NO2. The van der Waals surface area contributed by atoms with Gasteiger partial charge in [0.05, 0.1) is 13.2 Å². The highest BCUT2D eigenvalue weighted by Gasteiger charge is 2.29. The number of hydrogen-bond donors (Lipinski definition) is 0. The molecule has 0 aromatic carbocycles. The normalized spacial score (nSPS) is 31.2. The molecule has 0 radical (unpaired) electrons. The molecule has 1 fully saturated rings. The van der Waals surface area contributed by atoms with E-state index < -0.39 is 0 Å². The molecule has 12 heavy (non-hydrogen) atoms. The molecule has 3 nitrogen and oxygen atoms in total. The standard InChI is InChI=1S/C9H19NO2/c1-10-8(6-11-2)4-5-9(10)7-12-3/h8-9H,4-7H2,1-3H3/t8-,9-/m0/s1. The number of rotatable bonds is 4. The van der Waals surface area contributed by atoms with E-state index >= 15 is 0 Å². The molecule has 0 unspecified atom stereocenters. The van der Waals surface area contributed by atoms with E-state index in [2.05, 4.69) is 11.9 Å². The summed E-state index contributed by atoms with van der Waals surface area (Å²) in [6.07, 6.45) is 2.47. The topological polar surface area (TPSA) is 21.7 Å². The van der Waals surface area contributed by atoms with E-state index in [1.165, 1.54) is 12.8 Å². The zero-order valence-electron chi connectivity index (χ0n) is 8.25. The zero-order valence-corrected chi connectivity index (χ0v) is 8.25. The van der Waals surface area contributed by atoms with Gasteiger partial charge < -0.3 is 9.47 Å². The quantitative estimate of drug-likeness (QED) is 0.626. The van der Waals surface area contributed by atoms with Crippen molar-refractivity contribution >= 4 is 0 Å². The minimum atomic E-state index is 0.593. The van der Waals surface area contributed by atoms with E-state index in [1.54, 1.807) is 14.2 Å². The Hall–Kier alpha value is -0.120. The van der Waals surface area contributed by atoms with Gasteiger partial charge in [-0.2, -0.15) is 0 Å². The second-order valence-corrected chi connectivity index (χ2v) is 3.46. The lowest BCUT2D eigenvalue weighted by atomic mass is 10.2. The molecule has 0 spiro atoms. The van der Waals surface area contributed by atoms with Gasteiger partial charge in [0.25, 0.3) is 0 Å². The summed E-state index contributed by atoms with van der Waals surface area (Å²) >= 11 is 0. The van der Waals surface area contributed by atoms with Crippen molar-refractivity contribution in [3.63, 3.8) is 0 Å². The Labute approximate surface area is 74.6 Å². The SMILES string of the molecule is COC[C@@H]1CC[C@@H](COC)N1C. The first kappa shape index (κ1) is 9.96. The Kier molecular flexibility index (Phi) is 3.98.